The van der Waals surface area contributed by atoms with Crippen molar-refractivity contribution in [3.63, 3.8) is 0 Å². The number of hydrogen-bond acceptors (Lipinski definition) is 5. The van der Waals surface area contributed by atoms with Crippen LogP contribution >= 0.6 is 15.9 Å². The third-order valence-electron chi connectivity index (χ3n) is 5.77. The average Bonchev–Trinajstić information content (AvgIpc) is 2.89. The maximum absolute atomic E-state index is 6.42. The van der Waals surface area contributed by atoms with Gasteiger partial charge in [-0.3, -0.25) is 0 Å². The van der Waals surface area contributed by atoms with E-state index in [0.29, 0.717) is 26.4 Å². The number of benzene rings is 3. The van der Waals surface area contributed by atoms with Crippen molar-refractivity contribution in [3.8, 4) is 0 Å². The Hall–Kier alpha value is -2.06. The van der Waals surface area contributed by atoms with Crippen molar-refractivity contribution in [2.75, 3.05) is 13.7 Å². The third-order valence-corrected chi connectivity index (χ3v) is 6.88. The SMILES string of the molecule is CO[C@H]1O[C@H](COCc2ccccc2)[C@H](Br)[C@H](OCc2ccccc2)[C@H]1OCc1ccccc1. The zero-order valence-corrected chi connectivity index (χ0v) is 20.9. The van der Waals surface area contributed by atoms with Crippen LogP contribution in [-0.4, -0.2) is 43.1 Å². The second kappa shape index (κ2) is 13.1. The quantitative estimate of drug-likeness (QED) is 0.308. The average molecular weight is 527 g/mol. The van der Waals surface area contributed by atoms with Crippen LogP contribution in [0.3, 0.4) is 0 Å². The van der Waals surface area contributed by atoms with Crippen molar-refractivity contribution < 1.29 is 23.7 Å². The van der Waals surface area contributed by atoms with Crippen LogP contribution in [0.5, 0.6) is 0 Å². The lowest BCUT2D eigenvalue weighted by Crippen LogP contribution is -2.58. The topological polar surface area (TPSA) is 46.2 Å². The smallest absolute Gasteiger partial charge is 0.186 e. The molecule has 180 valence electrons. The molecule has 0 unspecified atom stereocenters. The van der Waals surface area contributed by atoms with Crippen LogP contribution < -0.4 is 0 Å². The molecule has 0 spiro atoms. The first-order chi connectivity index (χ1) is 16.7. The summed E-state index contributed by atoms with van der Waals surface area (Å²) in [5.41, 5.74) is 3.30. The number of rotatable bonds is 11. The van der Waals surface area contributed by atoms with E-state index in [1.165, 1.54) is 0 Å². The molecule has 0 aliphatic carbocycles. The van der Waals surface area contributed by atoms with Gasteiger partial charge in [-0.15, -0.1) is 0 Å². The van der Waals surface area contributed by atoms with Gasteiger partial charge in [0.25, 0.3) is 0 Å². The third kappa shape index (κ3) is 6.98. The second-order valence-corrected chi connectivity index (χ2v) is 9.30. The molecule has 4 rings (SSSR count). The van der Waals surface area contributed by atoms with E-state index < -0.39 is 12.4 Å². The van der Waals surface area contributed by atoms with Gasteiger partial charge in [0.05, 0.1) is 37.4 Å². The van der Waals surface area contributed by atoms with Crippen molar-refractivity contribution in [2.45, 2.75) is 49.2 Å². The minimum absolute atomic E-state index is 0.140. The van der Waals surface area contributed by atoms with Crippen molar-refractivity contribution in [1.29, 1.82) is 0 Å². The molecule has 1 fully saturated rings. The van der Waals surface area contributed by atoms with E-state index in [1.54, 1.807) is 7.11 Å². The zero-order chi connectivity index (χ0) is 23.6. The van der Waals surface area contributed by atoms with E-state index in [-0.39, 0.29) is 17.0 Å². The summed E-state index contributed by atoms with van der Waals surface area (Å²) in [5.74, 6) is 0. The fourth-order valence-electron chi connectivity index (χ4n) is 3.95. The van der Waals surface area contributed by atoms with Gasteiger partial charge in [0.1, 0.15) is 12.2 Å². The van der Waals surface area contributed by atoms with Gasteiger partial charge in [0, 0.05) is 7.11 Å². The number of hydrogen-bond donors (Lipinski definition) is 0. The molecule has 0 aromatic heterocycles. The van der Waals surface area contributed by atoms with Crippen LogP contribution in [0.2, 0.25) is 0 Å². The van der Waals surface area contributed by atoms with Crippen LogP contribution in [0, 0.1) is 0 Å². The highest BCUT2D eigenvalue weighted by Crippen LogP contribution is 2.32. The standard InChI is InChI=1S/C28H31BrO5/c1-30-28-27(33-19-23-15-9-4-10-16-23)26(32-18-22-13-7-3-8-14-22)25(29)24(34-28)20-31-17-21-11-5-2-6-12-21/h2-16,24-28H,17-20H2,1H3/t24-,25+,26+,27-,28+/m1/s1. The maximum atomic E-state index is 6.42. The van der Waals surface area contributed by atoms with Crippen molar-refractivity contribution in [2.24, 2.45) is 0 Å². The molecule has 0 radical (unpaired) electrons. The second-order valence-electron chi connectivity index (χ2n) is 8.25. The highest BCUT2D eigenvalue weighted by molar-refractivity contribution is 9.09. The molecule has 0 amide bonds. The number of halogens is 1. The zero-order valence-electron chi connectivity index (χ0n) is 19.3. The van der Waals surface area contributed by atoms with Gasteiger partial charge >= 0.3 is 0 Å². The molecule has 0 N–H and O–H groups in total. The molecular formula is C28H31BrO5. The van der Waals surface area contributed by atoms with Crippen LogP contribution in [0.4, 0.5) is 0 Å². The Bertz CT molecular complexity index is 956. The summed E-state index contributed by atoms with van der Waals surface area (Å²) in [5, 5.41) is 0. The van der Waals surface area contributed by atoms with Gasteiger partial charge < -0.3 is 23.7 Å². The van der Waals surface area contributed by atoms with E-state index in [2.05, 4.69) is 28.1 Å². The Morgan fingerprint density at radius 1 is 0.676 bits per heavy atom. The Morgan fingerprint density at radius 2 is 1.15 bits per heavy atom. The molecule has 0 bridgehead atoms. The molecule has 3 aromatic rings. The highest BCUT2D eigenvalue weighted by Gasteiger charge is 2.46. The van der Waals surface area contributed by atoms with Crippen molar-refractivity contribution >= 4 is 15.9 Å². The van der Waals surface area contributed by atoms with Gasteiger partial charge in [-0.1, -0.05) is 107 Å². The van der Waals surface area contributed by atoms with Crippen LogP contribution in [-0.2, 0) is 43.5 Å². The minimum Gasteiger partial charge on any atom is -0.374 e. The summed E-state index contributed by atoms with van der Waals surface area (Å²) < 4.78 is 30.7. The molecule has 34 heavy (non-hydrogen) atoms. The van der Waals surface area contributed by atoms with Gasteiger partial charge in [0.2, 0.25) is 0 Å². The summed E-state index contributed by atoms with van der Waals surface area (Å²) in [6.07, 6.45) is -1.55. The van der Waals surface area contributed by atoms with E-state index in [4.69, 9.17) is 23.7 Å². The Balaban J connectivity index is 1.44. The number of ether oxygens (including phenoxy) is 5. The largest absolute Gasteiger partial charge is 0.374 e. The van der Waals surface area contributed by atoms with Crippen LogP contribution in [0.1, 0.15) is 16.7 Å². The molecule has 6 heteroatoms. The highest BCUT2D eigenvalue weighted by atomic mass is 79.9. The Morgan fingerprint density at radius 3 is 1.65 bits per heavy atom. The molecule has 1 aliphatic heterocycles. The first kappa shape index (κ1) is 25.0. The van der Waals surface area contributed by atoms with E-state index in [0.717, 1.165) is 16.7 Å². The fraction of sp³-hybridized carbons (Fsp3) is 0.357. The molecule has 1 aliphatic rings. The summed E-state index contributed by atoms with van der Waals surface area (Å²) >= 11 is 3.84. The van der Waals surface area contributed by atoms with Crippen molar-refractivity contribution in [1.82, 2.24) is 0 Å². The molecule has 0 saturated carbocycles. The van der Waals surface area contributed by atoms with Gasteiger partial charge in [0.15, 0.2) is 6.29 Å². The first-order valence-electron chi connectivity index (χ1n) is 11.5. The Kier molecular flexibility index (Phi) is 9.68. The predicted octanol–water partition coefficient (Wildman–Crippen LogP) is 5.51. The van der Waals surface area contributed by atoms with Crippen LogP contribution in [0.15, 0.2) is 91.0 Å². The number of methoxy groups -OCH3 is 1. The molecule has 1 saturated heterocycles. The van der Waals surface area contributed by atoms with E-state index >= 15 is 0 Å². The predicted molar refractivity (Wildman–Crippen MR) is 135 cm³/mol. The molecular weight excluding hydrogens is 496 g/mol. The lowest BCUT2D eigenvalue weighted by atomic mass is 10.0. The summed E-state index contributed by atoms with van der Waals surface area (Å²) in [6, 6.07) is 30.3. The normalized spacial score (nSPS) is 24.7. The van der Waals surface area contributed by atoms with E-state index in [1.807, 2.05) is 78.9 Å². The Labute approximate surface area is 210 Å². The maximum Gasteiger partial charge on any atom is 0.186 e. The van der Waals surface area contributed by atoms with Gasteiger partial charge in [-0.05, 0) is 16.7 Å². The molecule has 1 heterocycles. The van der Waals surface area contributed by atoms with Crippen molar-refractivity contribution in [3.05, 3.63) is 108 Å². The first-order valence-corrected chi connectivity index (χ1v) is 12.4. The summed E-state index contributed by atoms with van der Waals surface area (Å²) in [6.45, 7) is 1.82. The molecule has 5 nitrogen and oxygen atoms in total. The molecule has 3 aromatic carbocycles. The summed E-state index contributed by atoms with van der Waals surface area (Å²) in [7, 11) is 1.63. The fourth-order valence-corrected chi connectivity index (χ4v) is 4.68. The lowest BCUT2D eigenvalue weighted by molar-refractivity contribution is -0.282. The minimum atomic E-state index is -0.580. The van der Waals surface area contributed by atoms with Gasteiger partial charge in [-0.25, -0.2) is 0 Å². The monoisotopic (exact) mass is 526 g/mol. The van der Waals surface area contributed by atoms with E-state index in [9.17, 15) is 0 Å². The lowest BCUT2D eigenvalue weighted by Gasteiger charge is -2.43. The molecule has 5 atom stereocenters. The van der Waals surface area contributed by atoms with Crippen LogP contribution in [0.25, 0.3) is 0 Å². The summed E-state index contributed by atoms with van der Waals surface area (Å²) in [4.78, 5) is -0.140. The number of alkyl halides is 1. The van der Waals surface area contributed by atoms with Gasteiger partial charge in [-0.2, -0.15) is 0 Å².